The number of carbonyl (C=O) groups is 1. The molecule has 0 saturated heterocycles. The van der Waals surface area contributed by atoms with Crippen LogP contribution in [0.2, 0.25) is 0 Å². The van der Waals surface area contributed by atoms with Gasteiger partial charge >= 0.3 is 0 Å². The Bertz CT molecular complexity index is 1070. The number of aryl methyl sites for hydroxylation is 3. The van der Waals surface area contributed by atoms with Crippen LogP contribution in [0.15, 0.2) is 35.1 Å². The average Bonchev–Trinajstić information content (AvgIpc) is 2.93. The number of hydrogen-bond acceptors (Lipinski definition) is 4. The largest absolute Gasteiger partial charge is 0.352 e. The fourth-order valence-corrected chi connectivity index (χ4v) is 3.46. The minimum Gasteiger partial charge on any atom is -0.352 e. The quantitative estimate of drug-likeness (QED) is 0.645. The van der Waals surface area contributed by atoms with Gasteiger partial charge in [-0.3, -0.25) is 14.3 Å². The summed E-state index contributed by atoms with van der Waals surface area (Å²) < 4.78 is 1.97. The molecule has 0 aliphatic rings. The molecule has 3 rings (SSSR count). The zero-order valence-electron chi connectivity index (χ0n) is 17.4. The summed E-state index contributed by atoms with van der Waals surface area (Å²) >= 11 is 0. The topological polar surface area (TPSA) is 92.7 Å². The van der Waals surface area contributed by atoms with Crippen molar-refractivity contribution >= 4 is 5.91 Å². The van der Waals surface area contributed by atoms with Gasteiger partial charge < -0.3 is 10.3 Å². The van der Waals surface area contributed by atoms with Crippen molar-refractivity contribution in [2.24, 2.45) is 0 Å². The number of carbonyl (C=O) groups excluding carboxylic acids is 1. The van der Waals surface area contributed by atoms with Crippen molar-refractivity contribution in [1.29, 1.82) is 0 Å². The standard InChI is InChI=1S/C22H27N5O2/c1-14-19(22(29)25-17(4)24-14)10-11-21(28)23-12-20-15(2)26-27(16(20)3)13-18-8-6-5-7-9-18/h5-9H,10-13H2,1-4H3,(H,23,28)(H,24,25,29). The van der Waals surface area contributed by atoms with Gasteiger partial charge in [0.05, 0.1) is 12.2 Å². The summed E-state index contributed by atoms with van der Waals surface area (Å²) in [6.07, 6.45) is 0.608. The van der Waals surface area contributed by atoms with Gasteiger partial charge in [0.15, 0.2) is 0 Å². The average molecular weight is 393 g/mol. The third kappa shape index (κ3) is 4.99. The molecule has 7 heteroatoms. The number of amides is 1. The minimum atomic E-state index is -0.170. The van der Waals surface area contributed by atoms with E-state index >= 15 is 0 Å². The van der Waals surface area contributed by atoms with Crippen LogP contribution in [0, 0.1) is 27.7 Å². The Balaban J connectivity index is 1.60. The fraction of sp³-hybridized carbons (Fsp3) is 0.364. The third-order valence-electron chi connectivity index (χ3n) is 5.11. The molecule has 2 N–H and O–H groups in total. The molecule has 1 amide bonds. The van der Waals surface area contributed by atoms with E-state index in [4.69, 9.17) is 0 Å². The number of hydrogen-bond donors (Lipinski definition) is 2. The van der Waals surface area contributed by atoms with Crippen LogP contribution in [0.25, 0.3) is 0 Å². The van der Waals surface area contributed by atoms with Crippen LogP contribution >= 0.6 is 0 Å². The smallest absolute Gasteiger partial charge is 0.254 e. The molecular formula is C22H27N5O2. The monoisotopic (exact) mass is 393 g/mol. The van der Waals surface area contributed by atoms with E-state index in [0.29, 0.717) is 36.6 Å². The number of benzene rings is 1. The third-order valence-corrected chi connectivity index (χ3v) is 5.11. The molecule has 152 valence electrons. The highest BCUT2D eigenvalue weighted by atomic mass is 16.1. The molecular weight excluding hydrogens is 366 g/mol. The molecule has 0 bridgehead atoms. The van der Waals surface area contributed by atoms with Crippen molar-refractivity contribution in [1.82, 2.24) is 25.1 Å². The van der Waals surface area contributed by atoms with E-state index in [0.717, 1.165) is 17.0 Å². The van der Waals surface area contributed by atoms with Crippen LogP contribution in [0.5, 0.6) is 0 Å². The zero-order valence-corrected chi connectivity index (χ0v) is 17.4. The van der Waals surface area contributed by atoms with E-state index in [1.54, 1.807) is 13.8 Å². The normalized spacial score (nSPS) is 10.9. The van der Waals surface area contributed by atoms with E-state index in [-0.39, 0.29) is 17.9 Å². The second-order valence-electron chi connectivity index (χ2n) is 7.28. The summed E-state index contributed by atoms with van der Waals surface area (Å²) in [5.41, 5.74) is 5.23. The molecule has 0 saturated carbocycles. The van der Waals surface area contributed by atoms with Crippen LogP contribution in [0.1, 0.15) is 46.0 Å². The molecule has 0 aliphatic carbocycles. The maximum absolute atomic E-state index is 12.3. The van der Waals surface area contributed by atoms with Crippen molar-refractivity contribution < 1.29 is 4.79 Å². The van der Waals surface area contributed by atoms with Gasteiger partial charge in [0.25, 0.3) is 5.56 Å². The Kier molecular flexibility index (Phi) is 6.26. The number of nitrogens with zero attached hydrogens (tertiary/aromatic N) is 3. The summed E-state index contributed by atoms with van der Waals surface area (Å²) in [4.78, 5) is 31.3. The molecule has 2 heterocycles. The van der Waals surface area contributed by atoms with E-state index in [2.05, 4.69) is 32.5 Å². The van der Waals surface area contributed by atoms with Crippen LogP contribution in [0.3, 0.4) is 0 Å². The van der Waals surface area contributed by atoms with Crippen molar-refractivity contribution in [3.63, 3.8) is 0 Å². The molecule has 0 radical (unpaired) electrons. The molecule has 0 unspecified atom stereocenters. The zero-order chi connectivity index (χ0) is 21.0. The maximum atomic E-state index is 12.3. The van der Waals surface area contributed by atoms with Crippen LogP contribution < -0.4 is 10.9 Å². The highest BCUT2D eigenvalue weighted by Gasteiger charge is 2.14. The highest BCUT2D eigenvalue weighted by Crippen LogP contribution is 2.15. The molecule has 0 fully saturated rings. The molecule has 7 nitrogen and oxygen atoms in total. The van der Waals surface area contributed by atoms with Gasteiger partial charge in [-0.25, -0.2) is 4.98 Å². The summed E-state index contributed by atoms with van der Waals surface area (Å²) in [5, 5.41) is 7.57. The number of rotatable bonds is 7. The molecule has 1 aromatic carbocycles. The first-order chi connectivity index (χ1) is 13.8. The number of H-pyrrole nitrogens is 1. The lowest BCUT2D eigenvalue weighted by Gasteiger charge is -2.08. The predicted octanol–water partition coefficient (Wildman–Crippen LogP) is 2.50. The van der Waals surface area contributed by atoms with Gasteiger partial charge in [-0.2, -0.15) is 5.10 Å². The van der Waals surface area contributed by atoms with Gasteiger partial charge in [-0.1, -0.05) is 30.3 Å². The van der Waals surface area contributed by atoms with Gasteiger partial charge in [0, 0.05) is 35.5 Å². The molecule has 29 heavy (non-hydrogen) atoms. The Hall–Kier alpha value is -3.22. The van der Waals surface area contributed by atoms with Gasteiger partial charge in [-0.15, -0.1) is 0 Å². The van der Waals surface area contributed by atoms with Crippen molar-refractivity contribution in [3.05, 3.63) is 80.3 Å². The molecule has 0 atom stereocenters. The van der Waals surface area contributed by atoms with Crippen molar-refractivity contribution in [2.45, 2.75) is 53.6 Å². The molecule has 0 aliphatic heterocycles. The highest BCUT2D eigenvalue weighted by molar-refractivity contribution is 5.76. The predicted molar refractivity (Wildman–Crippen MR) is 112 cm³/mol. The van der Waals surface area contributed by atoms with Gasteiger partial charge in [0.1, 0.15) is 5.82 Å². The van der Waals surface area contributed by atoms with Crippen molar-refractivity contribution in [3.8, 4) is 0 Å². The second-order valence-corrected chi connectivity index (χ2v) is 7.28. The fourth-order valence-electron chi connectivity index (χ4n) is 3.46. The Morgan fingerprint density at radius 2 is 1.79 bits per heavy atom. The van der Waals surface area contributed by atoms with E-state index in [9.17, 15) is 9.59 Å². The number of nitrogens with one attached hydrogen (secondary N) is 2. The number of aromatic amines is 1. The van der Waals surface area contributed by atoms with E-state index in [1.807, 2.05) is 36.7 Å². The second kappa shape index (κ2) is 8.86. The van der Waals surface area contributed by atoms with Crippen LogP contribution in [-0.4, -0.2) is 25.7 Å². The maximum Gasteiger partial charge on any atom is 0.254 e. The minimum absolute atomic E-state index is 0.0982. The molecule has 2 aromatic heterocycles. The first-order valence-electron chi connectivity index (χ1n) is 9.75. The van der Waals surface area contributed by atoms with Crippen LogP contribution in [-0.2, 0) is 24.3 Å². The van der Waals surface area contributed by atoms with Crippen LogP contribution in [0.4, 0.5) is 0 Å². The lowest BCUT2D eigenvalue weighted by molar-refractivity contribution is -0.121. The summed E-state index contributed by atoms with van der Waals surface area (Å²) in [6, 6.07) is 10.2. The SMILES string of the molecule is Cc1nc(C)c(CCC(=O)NCc2c(C)nn(Cc3ccccc3)c2C)c(=O)[nH]1. The van der Waals surface area contributed by atoms with E-state index < -0.39 is 0 Å². The number of aromatic nitrogens is 4. The summed E-state index contributed by atoms with van der Waals surface area (Å²) in [6.45, 7) is 8.63. The Morgan fingerprint density at radius 1 is 1.07 bits per heavy atom. The Morgan fingerprint density at radius 3 is 2.48 bits per heavy atom. The lowest BCUT2D eigenvalue weighted by atomic mass is 10.1. The molecule has 0 spiro atoms. The molecule has 3 aromatic rings. The summed E-state index contributed by atoms with van der Waals surface area (Å²) in [5.74, 6) is 0.484. The van der Waals surface area contributed by atoms with Crippen molar-refractivity contribution in [2.75, 3.05) is 0 Å². The lowest BCUT2D eigenvalue weighted by Crippen LogP contribution is -2.25. The van der Waals surface area contributed by atoms with E-state index in [1.165, 1.54) is 5.56 Å². The first kappa shape index (κ1) is 20.5. The first-order valence-corrected chi connectivity index (χ1v) is 9.75. The van der Waals surface area contributed by atoms with Gasteiger partial charge in [0.2, 0.25) is 5.91 Å². The van der Waals surface area contributed by atoms with Gasteiger partial charge in [-0.05, 0) is 39.7 Å². The Labute approximate surface area is 170 Å². The summed E-state index contributed by atoms with van der Waals surface area (Å²) in [7, 11) is 0.